The third-order valence-corrected chi connectivity index (χ3v) is 4.53. The molecule has 0 bridgehead atoms. The lowest BCUT2D eigenvalue weighted by Gasteiger charge is -2.24. The van der Waals surface area contributed by atoms with Crippen molar-refractivity contribution in [3.63, 3.8) is 0 Å². The molecule has 0 spiro atoms. The number of nitrogens with two attached hydrogens (primary N) is 1. The van der Waals surface area contributed by atoms with Gasteiger partial charge in [-0.25, -0.2) is 0 Å². The molecule has 1 amide bonds. The molecule has 6 nitrogen and oxygen atoms in total. The van der Waals surface area contributed by atoms with Gasteiger partial charge in [0.05, 0.1) is 0 Å². The van der Waals surface area contributed by atoms with Gasteiger partial charge in [-0.1, -0.05) is 41.7 Å². The van der Waals surface area contributed by atoms with Gasteiger partial charge in [-0.05, 0) is 18.4 Å². The summed E-state index contributed by atoms with van der Waals surface area (Å²) >= 11 is 1.30. The first-order valence-corrected chi connectivity index (χ1v) is 8.07. The molecule has 22 heavy (non-hydrogen) atoms. The number of anilines is 1. The Balaban J connectivity index is 1.81. The van der Waals surface area contributed by atoms with Gasteiger partial charge in [0.15, 0.2) is 0 Å². The Morgan fingerprint density at radius 2 is 2.00 bits per heavy atom. The van der Waals surface area contributed by atoms with Gasteiger partial charge in [0.1, 0.15) is 11.0 Å². The Morgan fingerprint density at radius 1 is 1.27 bits per heavy atom. The quantitative estimate of drug-likeness (QED) is 0.896. The summed E-state index contributed by atoms with van der Waals surface area (Å²) < 4.78 is 5.31. The number of carbonyl (C=O) groups is 1. The van der Waals surface area contributed by atoms with Gasteiger partial charge in [-0.15, -0.1) is 10.2 Å². The van der Waals surface area contributed by atoms with E-state index in [9.17, 15) is 4.79 Å². The van der Waals surface area contributed by atoms with E-state index in [0.29, 0.717) is 23.4 Å². The lowest BCUT2D eigenvalue weighted by molar-refractivity contribution is -0.128. The number of aromatic nitrogens is 2. The standard InChI is InChI=1S/C15H18N4O2S/c16-15-19-18-14(22-15)12(10-4-2-1-3-5-10)17-13(20)11-6-8-21-9-7-11/h1-5,11-12H,6-9H2,(H2,16,19)(H,17,20). The van der Waals surface area contributed by atoms with Gasteiger partial charge in [-0.3, -0.25) is 4.79 Å². The van der Waals surface area contributed by atoms with E-state index in [2.05, 4.69) is 15.5 Å². The smallest absolute Gasteiger partial charge is 0.224 e. The number of carbonyl (C=O) groups excluding carboxylic acids is 1. The van der Waals surface area contributed by atoms with Crippen molar-refractivity contribution in [2.24, 2.45) is 5.92 Å². The molecule has 1 atom stereocenters. The Kier molecular flexibility index (Phi) is 4.65. The second-order valence-electron chi connectivity index (χ2n) is 5.22. The number of hydrogen-bond acceptors (Lipinski definition) is 6. The number of benzene rings is 1. The molecule has 1 aliphatic heterocycles. The van der Waals surface area contributed by atoms with Gasteiger partial charge in [0, 0.05) is 19.1 Å². The second-order valence-corrected chi connectivity index (χ2v) is 6.26. The van der Waals surface area contributed by atoms with E-state index in [-0.39, 0.29) is 17.9 Å². The van der Waals surface area contributed by atoms with E-state index in [1.165, 1.54) is 11.3 Å². The molecule has 1 aromatic heterocycles. The lowest BCUT2D eigenvalue weighted by atomic mass is 9.98. The van der Waals surface area contributed by atoms with Crippen molar-refractivity contribution < 1.29 is 9.53 Å². The highest BCUT2D eigenvalue weighted by molar-refractivity contribution is 7.15. The molecule has 2 heterocycles. The molecule has 3 rings (SSSR count). The summed E-state index contributed by atoms with van der Waals surface area (Å²) in [7, 11) is 0. The molecular weight excluding hydrogens is 300 g/mol. The number of ether oxygens (including phenoxy) is 1. The highest BCUT2D eigenvalue weighted by Crippen LogP contribution is 2.27. The summed E-state index contributed by atoms with van der Waals surface area (Å²) in [5, 5.41) is 12.1. The zero-order chi connectivity index (χ0) is 15.4. The van der Waals surface area contributed by atoms with Crippen molar-refractivity contribution >= 4 is 22.4 Å². The van der Waals surface area contributed by atoms with Crippen molar-refractivity contribution in [3.8, 4) is 0 Å². The lowest BCUT2D eigenvalue weighted by Crippen LogP contribution is -2.37. The fraction of sp³-hybridized carbons (Fsp3) is 0.400. The maximum atomic E-state index is 12.5. The second kappa shape index (κ2) is 6.85. The van der Waals surface area contributed by atoms with E-state index in [0.717, 1.165) is 18.4 Å². The summed E-state index contributed by atoms with van der Waals surface area (Å²) in [5.41, 5.74) is 6.66. The topological polar surface area (TPSA) is 90.1 Å². The van der Waals surface area contributed by atoms with Crippen molar-refractivity contribution in [1.82, 2.24) is 15.5 Å². The van der Waals surface area contributed by atoms with Crippen molar-refractivity contribution in [3.05, 3.63) is 40.9 Å². The number of rotatable bonds is 4. The van der Waals surface area contributed by atoms with E-state index in [1.807, 2.05) is 30.3 Å². The summed E-state index contributed by atoms with van der Waals surface area (Å²) in [6.45, 7) is 1.28. The summed E-state index contributed by atoms with van der Waals surface area (Å²) in [4.78, 5) is 12.5. The Hall–Kier alpha value is -1.99. The minimum atomic E-state index is -0.314. The molecule has 1 aromatic carbocycles. The van der Waals surface area contributed by atoms with Crippen LogP contribution >= 0.6 is 11.3 Å². The Bertz CT molecular complexity index is 625. The van der Waals surface area contributed by atoms with Crippen molar-refractivity contribution in [2.75, 3.05) is 18.9 Å². The molecule has 1 aliphatic rings. The van der Waals surface area contributed by atoms with Gasteiger partial charge >= 0.3 is 0 Å². The van der Waals surface area contributed by atoms with Crippen LogP contribution in [0.15, 0.2) is 30.3 Å². The normalized spacial score (nSPS) is 17.1. The minimum absolute atomic E-state index is 0.00905. The molecule has 1 fully saturated rings. The number of nitrogens with one attached hydrogen (secondary N) is 1. The van der Waals surface area contributed by atoms with E-state index in [1.54, 1.807) is 0 Å². The maximum Gasteiger partial charge on any atom is 0.224 e. The number of amides is 1. The SMILES string of the molecule is Nc1nnc(C(NC(=O)C2CCOCC2)c2ccccc2)s1. The average molecular weight is 318 g/mol. The van der Waals surface area contributed by atoms with E-state index in [4.69, 9.17) is 10.5 Å². The zero-order valence-corrected chi connectivity index (χ0v) is 12.9. The monoisotopic (exact) mass is 318 g/mol. The molecule has 116 valence electrons. The minimum Gasteiger partial charge on any atom is -0.381 e. The molecule has 0 saturated carbocycles. The van der Waals surface area contributed by atoms with Gasteiger partial charge in [0.2, 0.25) is 11.0 Å². The van der Waals surface area contributed by atoms with Crippen LogP contribution in [0.2, 0.25) is 0 Å². The number of nitrogen functional groups attached to an aromatic ring is 1. The van der Waals surface area contributed by atoms with Crippen LogP contribution in [0.4, 0.5) is 5.13 Å². The van der Waals surface area contributed by atoms with Crippen LogP contribution in [0.1, 0.15) is 29.5 Å². The average Bonchev–Trinajstić information content (AvgIpc) is 3.00. The van der Waals surface area contributed by atoms with Crippen LogP contribution in [0.3, 0.4) is 0 Å². The van der Waals surface area contributed by atoms with Crippen LogP contribution in [0, 0.1) is 5.92 Å². The summed E-state index contributed by atoms with van der Waals surface area (Å²) in [6, 6.07) is 9.43. The number of nitrogens with zero attached hydrogens (tertiary/aromatic N) is 2. The zero-order valence-electron chi connectivity index (χ0n) is 12.1. The summed E-state index contributed by atoms with van der Waals surface area (Å²) in [6.07, 6.45) is 1.51. The molecule has 0 aliphatic carbocycles. The van der Waals surface area contributed by atoms with Crippen molar-refractivity contribution in [2.45, 2.75) is 18.9 Å². The molecular formula is C15H18N4O2S. The Labute approximate surface area is 132 Å². The molecule has 3 N–H and O–H groups in total. The first kappa shape index (κ1) is 14.9. The molecule has 7 heteroatoms. The third kappa shape index (κ3) is 3.42. The highest BCUT2D eigenvalue weighted by atomic mass is 32.1. The fourth-order valence-electron chi connectivity index (χ4n) is 2.52. The van der Waals surface area contributed by atoms with Crippen LogP contribution in [-0.2, 0) is 9.53 Å². The van der Waals surface area contributed by atoms with Gasteiger partial charge in [-0.2, -0.15) is 0 Å². The predicted molar refractivity (Wildman–Crippen MR) is 84.3 cm³/mol. The van der Waals surface area contributed by atoms with Crippen LogP contribution in [0.5, 0.6) is 0 Å². The van der Waals surface area contributed by atoms with Crippen LogP contribution in [-0.4, -0.2) is 29.3 Å². The molecule has 1 saturated heterocycles. The van der Waals surface area contributed by atoms with E-state index >= 15 is 0 Å². The first-order valence-electron chi connectivity index (χ1n) is 7.26. The van der Waals surface area contributed by atoms with E-state index < -0.39 is 0 Å². The van der Waals surface area contributed by atoms with Gasteiger partial charge in [0.25, 0.3) is 0 Å². The Morgan fingerprint density at radius 3 is 2.64 bits per heavy atom. The fourth-order valence-corrected chi connectivity index (χ4v) is 3.21. The highest BCUT2D eigenvalue weighted by Gasteiger charge is 2.26. The third-order valence-electron chi connectivity index (χ3n) is 3.71. The first-order chi connectivity index (χ1) is 10.7. The number of hydrogen-bond donors (Lipinski definition) is 2. The van der Waals surface area contributed by atoms with Gasteiger partial charge < -0.3 is 15.8 Å². The van der Waals surface area contributed by atoms with Crippen LogP contribution in [0.25, 0.3) is 0 Å². The predicted octanol–water partition coefficient (Wildman–Crippen LogP) is 1.75. The molecule has 0 radical (unpaired) electrons. The summed E-state index contributed by atoms with van der Waals surface area (Å²) in [5.74, 6) is 0.0242. The maximum absolute atomic E-state index is 12.5. The van der Waals surface area contributed by atoms with Crippen LogP contribution < -0.4 is 11.1 Å². The molecule has 1 unspecified atom stereocenters. The largest absolute Gasteiger partial charge is 0.381 e. The van der Waals surface area contributed by atoms with Crippen molar-refractivity contribution in [1.29, 1.82) is 0 Å². The molecule has 2 aromatic rings.